The standard InChI is InChI=1S/C16H27N3O/c1-12(17-5)13-8-7-9-14(10-13)18-15(20)19(6)11-16(2,3)4/h7-10,12,17H,11H2,1-6H3,(H,18,20). The molecule has 0 aliphatic carbocycles. The Morgan fingerprint density at radius 1 is 1.35 bits per heavy atom. The first-order chi connectivity index (χ1) is 9.23. The molecule has 2 amide bonds. The second-order valence-corrected chi connectivity index (χ2v) is 6.48. The van der Waals surface area contributed by atoms with Crippen molar-refractivity contribution in [2.24, 2.45) is 5.41 Å². The van der Waals surface area contributed by atoms with Gasteiger partial charge in [-0.25, -0.2) is 4.79 Å². The van der Waals surface area contributed by atoms with E-state index in [0.29, 0.717) is 6.54 Å². The first-order valence-electron chi connectivity index (χ1n) is 7.02. The number of nitrogens with zero attached hydrogens (tertiary/aromatic N) is 1. The number of carbonyl (C=O) groups excluding carboxylic acids is 1. The lowest BCUT2D eigenvalue weighted by molar-refractivity contribution is 0.201. The molecule has 0 saturated carbocycles. The zero-order chi connectivity index (χ0) is 15.3. The van der Waals surface area contributed by atoms with Gasteiger partial charge in [0.05, 0.1) is 0 Å². The van der Waals surface area contributed by atoms with Crippen LogP contribution in [0.2, 0.25) is 0 Å². The molecule has 4 nitrogen and oxygen atoms in total. The summed E-state index contributed by atoms with van der Waals surface area (Å²) in [6.45, 7) is 9.15. The maximum Gasteiger partial charge on any atom is 0.321 e. The van der Waals surface area contributed by atoms with Gasteiger partial charge in [0.25, 0.3) is 0 Å². The molecule has 0 radical (unpaired) electrons. The Kier molecular flexibility index (Phi) is 5.57. The molecule has 0 aliphatic heterocycles. The van der Waals surface area contributed by atoms with Gasteiger partial charge in [-0.2, -0.15) is 0 Å². The van der Waals surface area contributed by atoms with E-state index in [1.165, 1.54) is 0 Å². The summed E-state index contributed by atoms with van der Waals surface area (Å²) in [4.78, 5) is 13.9. The normalized spacial score (nSPS) is 12.9. The van der Waals surface area contributed by atoms with Crippen molar-refractivity contribution in [1.29, 1.82) is 0 Å². The molecular formula is C16H27N3O. The maximum atomic E-state index is 12.1. The van der Waals surface area contributed by atoms with Crippen molar-refractivity contribution >= 4 is 11.7 Å². The minimum Gasteiger partial charge on any atom is -0.327 e. The summed E-state index contributed by atoms with van der Waals surface area (Å²) in [5, 5.41) is 6.14. The van der Waals surface area contributed by atoms with Gasteiger partial charge in [-0.15, -0.1) is 0 Å². The van der Waals surface area contributed by atoms with Crippen molar-refractivity contribution in [3.05, 3.63) is 29.8 Å². The van der Waals surface area contributed by atoms with Gasteiger partial charge in [-0.05, 0) is 37.1 Å². The number of amides is 2. The van der Waals surface area contributed by atoms with Crippen LogP contribution in [0.4, 0.5) is 10.5 Å². The topological polar surface area (TPSA) is 44.4 Å². The first kappa shape index (κ1) is 16.5. The number of nitrogens with one attached hydrogen (secondary N) is 2. The Labute approximate surface area is 122 Å². The molecule has 0 aliphatic rings. The molecule has 0 bridgehead atoms. The van der Waals surface area contributed by atoms with Gasteiger partial charge in [0.2, 0.25) is 0 Å². The van der Waals surface area contributed by atoms with E-state index in [1.807, 2.05) is 32.3 Å². The lowest BCUT2D eigenvalue weighted by Gasteiger charge is -2.26. The number of carbonyl (C=O) groups is 1. The van der Waals surface area contributed by atoms with Gasteiger partial charge in [0, 0.05) is 25.3 Å². The predicted molar refractivity (Wildman–Crippen MR) is 85.0 cm³/mol. The van der Waals surface area contributed by atoms with Crippen LogP contribution < -0.4 is 10.6 Å². The van der Waals surface area contributed by atoms with Gasteiger partial charge in [0.15, 0.2) is 0 Å². The molecule has 20 heavy (non-hydrogen) atoms. The summed E-state index contributed by atoms with van der Waals surface area (Å²) >= 11 is 0. The molecule has 1 aromatic carbocycles. The first-order valence-corrected chi connectivity index (χ1v) is 7.02. The molecule has 0 aromatic heterocycles. The van der Waals surface area contributed by atoms with Crippen LogP contribution in [0.1, 0.15) is 39.3 Å². The molecule has 2 N–H and O–H groups in total. The lowest BCUT2D eigenvalue weighted by atomic mass is 9.96. The van der Waals surface area contributed by atoms with Crippen LogP contribution in [-0.4, -0.2) is 31.6 Å². The molecule has 0 heterocycles. The maximum absolute atomic E-state index is 12.1. The van der Waals surface area contributed by atoms with E-state index < -0.39 is 0 Å². The van der Waals surface area contributed by atoms with Crippen LogP contribution in [0.25, 0.3) is 0 Å². The van der Waals surface area contributed by atoms with Crippen LogP contribution >= 0.6 is 0 Å². The Balaban J connectivity index is 2.71. The number of anilines is 1. The van der Waals surface area contributed by atoms with Crippen molar-refractivity contribution in [1.82, 2.24) is 10.2 Å². The number of hydrogen-bond donors (Lipinski definition) is 2. The average Bonchev–Trinajstić information content (AvgIpc) is 2.36. The fourth-order valence-corrected chi connectivity index (χ4v) is 2.05. The second-order valence-electron chi connectivity index (χ2n) is 6.48. The van der Waals surface area contributed by atoms with Gasteiger partial charge < -0.3 is 15.5 Å². The van der Waals surface area contributed by atoms with Crippen LogP contribution in [0.5, 0.6) is 0 Å². The Hall–Kier alpha value is -1.55. The van der Waals surface area contributed by atoms with Gasteiger partial charge >= 0.3 is 6.03 Å². The molecule has 0 spiro atoms. The summed E-state index contributed by atoms with van der Waals surface area (Å²) in [6, 6.07) is 8.12. The van der Waals surface area contributed by atoms with Crippen molar-refractivity contribution in [2.45, 2.75) is 33.7 Å². The number of rotatable bonds is 4. The molecule has 0 saturated heterocycles. The van der Waals surface area contributed by atoms with E-state index >= 15 is 0 Å². The third-order valence-electron chi connectivity index (χ3n) is 3.13. The van der Waals surface area contributed by atoms with Gasteiger partial charge in [-0.1, -0.05) is 32.9 Å². The van der Waals surface area contributed by atoms with Crippen LogP contribution in [0.3, 0.4) is 0 Å². The predicted octanol–water partition coefficient (Wildman–Crippen LogP) is 3.48. The Bertz CT molecular complexity index is 451. The zero-order valence-electron chi connectivity index (χ0n) is 13.4. The summed E-state index contributed by atoms with van der Waals surface area (Å²) in [5.74, 6) is 0. The SMILES string of the molecule is CNC(C)c1cccc(NC(=O)N(C)CC(C)(C)C)c1. The zero-order valence-corrected chi connectivity index (χ0v) is 13.4. The highest BCUT2D eigenvalue weighted by molar-refractivity contribution is 5.89. The van der Waals surface area contributed by atoms with E-state index in [4.69, 9.17) is 0 Å². The number of benzene rings is 1. The van der Waals surface area contributed by atoms with E-state index in [0.717, 1.165) is 11.3 Å². The van der Waals surface area contributed by atoms with Gasteiger partial charge in [-0.3, -0.25) is 0 Å². The molecule has 1 atom stereocenters. The molecule has 1 aromatic rings. The molecular weight excluding hydrogens is 250 g/mol. The van der Waals surface area contributed by atoms with Crippen LogP contribution in [-0.2, 0) is 0 Å². The van der Waals surface area contributed by atoms with Crippen molar-refractivity contribution in [3.63, 3.8) is 0 Å². The molecule has 112 valence electrons. The summed E-state index contributed by atoms with van der Waals surface area (Å²) < 4.78 is 0. The monoisotopic (exact) mass is 277 g/mol. The lowest BCUT2D eigenvalue weighted by Crippen LogP contribution is -2.37. The fraction of sp³-hybridized carbons (Fsp3) is 0.562. The Morgan fingerprint density at radius 3 is 2.55 bits per heavy atom. The third-order valence-corrected chi connectivity index (χ3v) is 3.13. The molecule has 1 unspecified atom stereocenters. The molecule has 0 fully saturated rings. The number of urea groups is 1. The van der Waals surface area contributed by atoms with Crippen molar-refractivity contribution in [2.75, 3.05) is 26.0 Å². The fourth-order valence-electron chi connectivity index (χ4n) is 2.05. The highest BCUT2D eigenvalue weighted by Crippen LogP contribution is 2.18. The third kappa shape index (κ3) is 5.21. The summed E-state index contributed by atoms with van der Waals surface area (Å²) in [7, 11) is 3.74. The largest absolute Gasteiger partial charge is 0.327 e. The number of hydrogen-bond acceptors (Lipinski definition) is 2. The Morgan fingerprint density at radius 2 is 2.00 bits per heavy atom. The summed E-state index contributed by atoms with van der Waals surface area (Å²) in [6.07, 6.45) is 0. The summed E-state index contributed by atoms with van der Waals surface area (Å²) in [5.41, 5.74) is 2.08. The van der Waals surface area contributed by atoms with E-state index in [2.05, 4.69) is 44.4 Å². The molecule has 1 rings (SSSR count). The van der Waals surface area contributed by atoms with Crippen molar-refractivity contribution < 1.29 is 4.79 Å². The molecule has 4 heteroatoms. The average molecular weight is 277 g/mol. The smallest absolute Gasteiger partial charge is 0.321 e. The second kappa shape index (κ2) is 6.75. The van der Waals surface area contributed by atoms with Crippen LogP contribution in [0.15, 0.2) is 24.3 Å². The van der Waals surface area contributed by atoms with Crippen molar-refractivity contribution in [3.8, 4) is 0 Å². The minimum atomic E-state index is -0.0748. The van der Waals surface area contributed by atoms with E-state index in [1.54, 1.807) is 4.90 Å². The highest BCUT2D eigenvalue weighted by Gasteiger charge is 2.17. The van der Waals surface area contributed by atoms with E-state index in [9.17, 15) is 4.79 Å². The van der Waals surface area contributed by atoms with E-state index in [-0.39, 0.29) is 17.5 Å². The minimum absolute atomic E-state index is 0.0748. The highest BCUT2D eigenvalue weighted by atomic mass is 16.2. The quantitative estimate of drug-likeness (QED) is 0.885. The van der Waals surface area contributed by atoms with Gasteiger partial charge in [0.1, 0.15) is 0 Å². The van der Waals surface area contributed by atoms with Crippen LogP contribution in [0, 0.1) is 5.41 Å².